The van der Waals surface area contributed by atoms with Gasteiger partial charge in [-0.15, -0.1) is 0 Å². The molecule has 1 N–H and O–H groups in total. The van der Waals surface area contributed by atoms with Crippen LogP contribution in [0.2, 0.25) is 0 Å². The second-order valence-electron chi connectivity index (χ2n) is 6.06. The summed E-state index contributed by atoms with van der Waals surface area (Å²) in [4.78, 5) is 8.77. The van der Waals surface area contributed by atoms with Gasteiger partial charge in [0.25, 0.3) is 0 Å². The third kappa shape index (κ3) is 4.56. The summed E-state index contributed by atoms with van der Waals surface area (Å²) in [5.74, 6) is 6.75. The summed E-state index contributed by atoms with van der Waals surface area (Å²) in [6.45, 7) is 0. The van der Waals surface area contributed by atoms with Crippen molar-refractivity contribution in [1.29, 1.82) is 0 Å². The highest BCUT2D eigenvalue weighted by atomic mass is 16.5. The predicted octanol–water partition coefficient (Wildman–Crippen LogP) is 2.87. The van der Waals surface area contributed by atoms with Gasteiger partial charge >= 0.3 is 0 Å². The van der Waals surface area contributed by atoms with Gasteiger partial charge < -0.3 is 14.8 Å². The average molecular weight is 337 g/mol. The number of hydrogen-bond donors (Lipinski definition) is 1. The summed E-state index contributed by atoms with van der Waals surface area (Å²) in [7, 11) is 3.47. The molecule has 1 aliphatic carbocycles. The molecule has 1 fully saturated rings. The largest absolute Gasteiger partial charge is 0.379 e. The monoisotopic (exact) mass is 337 g/mol. The second kappa shape index (κ2) is 8.61. The van der Waals surface area contributed by atoms with Crippen molar-refractivity contribution in [2.24, 2.45) is 0 Å². The SMILES string of the molecule is CO[C@@H]1CCC[C@@H](OC)C1Nc1ncc(C#Cc2ccccc2)cn1. The molecular weight excluding hydrogens is 314 g/mol. The summed E-state index contributed by atoms with van der Waals surface area (Å²) in [5.41, 5.74) is 1.75. The van der Waals surface area contributed by atoms with Gasteiger partial charge in [0.05, 0.1) is 23.8 Å². The third-order valence-corrected chi connectivity index (χ3v) is 4.46. The zero-order valence-corrected chi connectivity index (χ0v) is 14.6. The minimum absolute atomic E-state index is 0.0463. The molecule has 0 unspecified atom stereocenters. The first kappa shape index (κ1) is 17.4. The molecule has 5 nitrogen and oxygen atoms in total. The maximum Gasteiger partial charge on any atom is 0.223 e. The molecule has 1 aliphatic rings. The molecule has 130 valence electrons. The number of hydrogen-bond acceptors (Lipinski definition) is 5. The lowest BCUT2D eigenvalue weighted by atomic mass is 9.89. The normalized spacial score (nSPS) is 20.6. The average Bonchev–Trinajstić information content (AvgIpc) is 2.68. The van der Waals surface area contributed by atoms with Crippen LogP contribution in [0, 0.1) is 11.8 Å². The number of ether oxygens (including phenoxy) is 2. The van der Waals surface area contributed by atoms with Crippen molar-refractivity contribution < 1.29 is 9.47 Å². The molecule has 2 atom stereocenters. The molecule has 2 aromatic rings. The Morgan fingerprint density at radius 1 is 0.920 bits per heavy atom. The number of anilines is 1. The molecule has 25 heavy (non-hydrogen) atoms. The Bertz CT molecular complexity index is 710. The molecule has 0 bridgehead atoms. The van der Waals surface area contributed by atoms with Crippen LogP contribution in [0.25, 0.3) is 0 Å². The highest BCUT2D eigenvalue weighted by molar-refractivity contribution is 5.42. The van der Waals surface area contributed by atoms with Crippen LogP contribution in [-0.2, 0) is 9.47 Å². The van der Waals surface area contributed by atoms with Gasteiger partial charge in [-0.1, -0.05) is 30.0 Å². The van der Waals surface area contributed by atoms with Crippen molar-refractivity contribution in [2.45, 2.75) is 37.5 Å². The number of benzene rings is 1. The van der Waals surface area contributed by atoms with E-state index in [1.165, 1.54) is 0 Å². The lowest BCUT2D eigenvalue weighted by molar-refractivity contribution is -0.0213. The lowest BCUT2D eigenvalue weighted by Gasteiger charge is -2.36. The Morgan fingerprint density at radius 3 is 2.12 bits per heavy atom. The zero-order valence-electron chi connectivity index (χ0n) is 14.6. The highest BCUT2D eigenvalue weighted by Crippen LogP contribution is 2.25. The van der Waals surface area contributed by atoms with E-state index in [1.54, 1.807) is 26.6 Å². The van der Waals surface area contributed by atoms with Gasteiger partial charge in [0, 0.05) is 32.2 Å². The zero-order chi connectivity index (χ0) is 17.5. The van der Waals surface area contributed by atoms with Gasteiger partial charge in [-0.25, -0.2) is 9.97 Å². The van der Waals surface area contributed by atoms with Crippen molar-refractivity contribution in [3.05, 3.63) is 53.9 Å². The van der Waals surface area contributed by atoms with E-state index in [-0.39, 0.29) is 18.2 Å². The van der Waals surface area contributed by atoms with Crippen LogP contribution in [0.1, 0.15) is 30.4 Å². The van der Waals surface area contributed by atoms with Crippen LogP contribution < -0.4 is 5.32 Å². The molecule has 1 saturated carbocycles. The minimum Gasteiger partial charge on any atom is -0.379 e. The molecule has 1 aromatic heterocycles. The van der Waals surface area contributed by atoms with Crippen LogP contribution >= 0.6 is 0 Å². The summed E-state index contributed by atoms with van der Waals surface area (Å²) in [5, 5.41) is 3.36. The standard InChI is InChI=1S/C20H23N3O2/c1-24-17-9-6-10-18(25-2)19(17)23-20-21-13-16(14-22-20)12-11-15-7-4-3-5-8-15/h3-5,7-8,13-14,17-19H,6,9-10H2,1-2H3,(H,21,22,23)/t17-,18-/m1/s1. The minimum atomic E-state index is 0.0463. The summed E-state index contributed by atoms with van der Waals surface area (Å²) >= 11 is 0. The van der Waals surface area contributed by atoms with Gasteiger partial charge in [-0.2, -0.15) is 0 Å². The summed E-state index contributed by atoms with van der Waals surface area (Å²) in [6.07, 6.45) is 6.78. The predicted molar refractivity (Wildman–Crippen MR) is 97.3 cm³/mol. The van der Waals surface area contributed by atoms with Crippen LogP contribution in [0.3, 0.4) is 0 Å². The Hall–Kier alpha value is -2.42. The summed E-state index contributed by atoms with van der Waals surface area (Å²) < 4.78 is 11.2. The molecule has 0 spiro atoms. The molecule has 1 heterocycles. The molecule has 3 rings (SSSR count). The van der Waals surface area contributed by atoms with Crippen molar-refractivity contribution in [1.82, 2.24) is 9.97 Å². The molecular formula is C20H23N3O2. The van der Waals surface area contributed by atoms with Gasteiger partial charge in [-0.05, 0) is 31.4 Å². The van der Waals surface area contributed by atoms with Gasteiger partial charge in [0.15, 0.2) is 0 Å². The Labute approximate surface area is 148 Å². The van der Waals surface area contributed by atoms with E-state index in [0.717, 1.165) is 30.4 Å². The number of nitrogens with zero attached hydrogens (tertiary/aromatic N) is 2. The fourth-order valence-electron chi connectivity index (χ4n) is 3.12. The van der Waals surface area contributed by atoms with Gasteiger partial charge in [0.1, 0.15) is 0 Å². The Balaban J connectivity index is 1.68. The van der Waals surface area contributed by atoms with E-state index in [0.29, 0.717) is 5.95 Å². The second-order valence-corrected chi connectivity index (χ2v) is 6.06. The van der Waals surface area contributed by atoms with Crippen LogP contribution in [0.5, 0.6) is 0 Å². The molecule has 1 aromatic carbocycles. The first-order valence-corrected chi connectivity index (χ1v) is 8.51. The fourth-order valence-corrected chi connectivity index (χ4v) is 3.12. The van der Waals surface area contributed by atoms with Crippen LogP contribution in [-0.4, -0.2) is 42.4 Å². The quantitative estimate of drug-likeness (QED) is 0.870. The Kier molecular flexibility index (Phi) is 5.99. The first-order chi connectivity index (χ1) is 12.3. The molecule has 5 heteroatoms. The third-order valence-electron chi connectivity index (χ3n) is 4.46. The van der Waals surface area contributed by atoms with E-state index in [4.69, 9.17) is 9.47 Å². The van der Waals surface area contributed by atoms with Gasteiger partial charge in [0.2, 0.25) is 5.95 Å². The van der Waals surface area contributed by atoms with E-state index in [2.05, 4.69) is 27.1 Å². The Morgan fingerprint density at radius 2 is 1.52 bits per heavy atom. The maximum absolute atomic E-state index is 5.60. The van der Waals surface area contributed by atoms with E-state index in [1.807, 2.05) is 30.3 Å². The van der Waals surface area contributed by atoms with Crippen molar-refractivity contribution in [3.8, 4) is 11.8 Å². The number of rotatable bonds is 4. The van der Waals surface area contributed by atoms with Crippen LogP contribution in [0.4, 0.5) is 5.95 Å². The lowest BCUT2D eigenvalue weighted by Crippen LogP contribution is -2.48. The van der Waals surface area contributed by atoms with Crippen LogP contribution in [0.15, 0.2) is 42.7 Å². The smallest absolute Gasteiger partial charge is 0.223 e. The van der Waals surface area contributed by atoms with E-state index in [9.17, 15) is 0 Å². The van der Waals surface area contributed by atoms with Crippen molar-refractivity contribution in [2.75, 3.05) is 19.5 Å². The topological polar surface area (TPSA) is 56.3 Å². The van der Waals surface area contributed by atoms with Gasteiger partial charge in [-0.3, -0.25) is 0 Å². The maximum atomic E-state index is 5.60. The number of methoxy groups -OCH3 is 2. The highest BCUT2D eigenvalue weighted by Gasteiger charge is 2.34. The summed E-state index contributed by atoms with van der Waals surface area (Å²) in [6, 6.07) is 9.91. The first-order valence-electron chi connectivity index (χ1n) is 8.51. The van der Waals surface area contributed by atoms with Crippen molar-refractivity contribution in [3.63, 3.8) is 0 Å². The van der Waals surface area contributed by atoms with E-state index < -0.39 is 0 Å². The molecule has 0 saturated heterocycles. The fraction of sp³-hybridized carbons (Fsp3) is 0.400. The van der Waals surface area contributed by atoms with E-state index >= 15 is 0 Å². The molecule has 0 radical (unpaired) electrons. The molecule has 0 amide bonds. The van der Waals surface area contributed by atoms with Crippen molar-refractivity contribution >= 4 is 5.95 Å². The molecule has 0 aliphatic heterocycles. The number of aromatic nitrogens is 2. The number of nitrogens with one attached hydrogen (secondary N) is 1.